The first-order chi connectivity index (χ1) is 10.1. The summed E-state index contributed by atoms with van der Waals surface area (Å²) in [6.07, 6.45) is 3.87. The molecule has 1 aliphatic carbocycles. The monoisotopic (exact) mass is 310 g/mol. The normalized spacial score (nSPS) is 23.4. The molecule has 3 atom stereocenters. The van der Waals surface area contributed by atoms with Crippen LogP contribution < -0.4 is 15.8 Å². The molecule has 5 heteroatoms. The quantitative estimate of drug-likeness (QED) is 0.879. The standard InChI is InChI=1S/C16H23ClN2O2/c1-11(21-14-7-4-6-13(17)9-14)16(20)19-15-8-3-2-5-12(15)10-18/h4,6-7,9,11-12,15H,2-3,5,8,10,18H2,1H3,(H,19,20). The maximum Gasteiger partial charge on any atom is 0.261 e. The summed E-state index contributed by atoms with van der Waals surface area (Å²) >= 11 is 5.91. The first-order valence-electron chi connectivity index (χ1n) is 7.53. The van der Waals surface area contributed by atoms with Gasteiger partial charge in [-0.1, -0.05) is 30.5 Å². The van der Waals surface area contributed by atoms with Crippen LogP contribution in [0.1, 0.15) is 32.6 Å². The van der Waals surface area contributed by atoms with Crippen LogP contribution in [0.3, 0.4) is 0 Å². The van der Waals surface area contributed by atoms with Gasteiger partial charge in [0.15, 0.2) is 6.10 Å². The number of carbonyl (C=O) groups is 1. The van der Waals surface area contributed by atoms with Crippen molar-refractivity contribution in [3.8, 4) is 5.75 Å². The molecule has 0 heterocycles. The lowest BCUT2D eigenvalue weighted by Crippen LogP contribution is -2.48. The van der Waals surface area contributed by atoms with E-state index in [1.165, 1.54) is 6.42 Å². The van der Waals surface area contributed by atoms with Crippen LogP contribution >= 0.6 is 11.6 Å². The Morgan fingerprint density at radius 3 is 2.95 bits per heavy atom. The van der Waals surface area contributed by atoms with Gasteiger partial charge in [0.25, 0.3) is 5.91 Å². The van der Waals surface area contributed by atoms with E-state index in [0.717, 1.165) is 19.3 Å². The second kappa shape index (κ2) is 7.66. The van der Waals surface area contributed by atoms with Crippen LogP contribution in [0.15, 0.2) is 24.3 Å². The van der Waals surface area contributed by atoms with Crippen LogP contribution in [-0.4, -0.2) is 24.6 Å². The summed E-state index contributed by atoms with van der Waals surface area (Å²) in [5, 5.41) is 3.67. The molecule has 1 saturated carbocycles. The van der Waals surface area contributed by atoms with E-state index in [-0.39, 0.29) is 11.9 Å². The van der Waals surface area contributed by atoms with E-state index in [1.54, 1.807) is 31.2 Å². The Labute approximate surface area is 131 Å². The van der Waals surface area contributed by atoms with Crippen molar-refractivity contribution < 1.29 is 9.53 Å². The molecule has 0 aliphatic heterocycles. The minimum atomic E-state index is -0.552. The van der Waals surface area contributed by atoms with Crippen LogP contribution in [0.2, 0.25) is 5.02 Å². The van der Waals surface area contributed by atoms with E-state index in [0.29, 0.717) is 23.2 Å². The molecule has 4 nitrogen and oxygen atoms in total. The third-order valence-electron chi connectivity index (χ3n) is 4.02. The Morgan fingerprint density at radius 1 is 1.48 bits per heavy atom. The van der Waals surface area contributed by atoms with Crippen molar-refractivity contribution in [3.63, 3.8) is 0 Å². The summed E-state index contributed by atoms with van der Waals surface area (Å²) in [6.45, 7) is 2.37. The molecule has 3 unspecified atom stereocenters. The maximum atomic E-state index is 12.3. The SMILES string of the molecule is CC(Oc1cccc(Cl)c1)C(=O)NC1CCCCC1CN. The molecule has 3 N–H and O–H groups in total. The Hall–Kier alpha value is -1.26. The highest BCUT2D eigenvalue weighted by molar-refractivity contribution is 6.30. The Kier molecular flexibility index (Phi) is 5.88. The van der Waals surface area contributed by atoms with Crippen LogP contribution in [-0.2, 0) is 4.79 Å². The van der Waals surface area contributed by atoms with Gasteiger partial charge >= 0.3 is 0 Å². The van der Waals surface area contributed by atoms with E-state index < -0.39 is 6.10 Å². The molecule has 1 amide bonds. The van der Waals surface area contributed by atoms with Crippen molar-refractivity contribution in [2.24, 2.45) is 11.7 Å². The number of halogens is 1. The topological polar surface area (TPSA) is 64.3 Å². The molecule has 0 bridgehead atoms. The van der Waals surface area contributed by atoms with Crippen LogP contribution in [0.5, 0.6) is 5.75 Å². The van der Waals surface area contributed by atoms with Crippen molar-refractivity contribution in [2.75, 3.05) is 6.54 Å². The molecule has 1 aromatic carbocycles. The highest BCUT2D eigenvalue weighted by Gasteiger charge is 2.27. The van der Waals surface area contributed by atoms with Crippen molar-refractivity contribution in [3.05, 3.63) is 29.3 Å². The number of rotatable bonds is 5. The summed E-state index contributed by atoms with van der Waals surface area (Å²) in [7, 11) is 0. The third kappa shape index (κ3) is 4.61. The van der Waals surface area contributed by atoms with Crippen molar-refractivity contribution in [1.82, 2.24) is 5.32 Å². The van der Waals surface area contributed by atoms with Gasteiger partial charge in [0.1, 0.15) is 5.75 Å². The number of carbonyl (C=O) groups excluding carboxylic acids is 1. The summed E-state index contributed by atoms with van der Waals surface area (Å²) in [4.78, 5) is 12.3. The molecular weight excluding hydrogens is 288 g/mol. The molecule has 1 aliphatic rings. The second-order valence-electron chi connectivity index (χ2n) is 5.61. The molecule has 116 valence electrons. The lowest BCUT2D eigenvalue weighted by molar-refractivity contribution is -0.128. The zero-order valence-electron chi connectivity index (χ0n) is 12.3. The lowest BCUT2D eigenvalue weighted by atomic mass is 9.84. The zero-order chi connectivity index (χ0) is 15.2. The first kappa shape index (κ1) is 16.1. The van der Waals surface area contributed by atoms with Crippen LogP contribution in [0.25, 0.3) is 0 Å². The van der Waals surface area contributed by atoms with E-state index in [4.69, 9.17) is 22.1 Å². The number of nitrogens with one attached hydrogen (secondary N) is 1. The van der Waals surface area contributed by atoms with Gasteiger partial charge in [-0.05, 0) is 50.4 Å². The fourth-order valence-electron chi connectivity index (χ4n) is 2.78. The molecule has 0 spiro atoms. The molecule has 1 aromatic rings. The van der Waals surface area contributed by atoms with E-state index in [9.17, 15) is 4.79 Å². The van der Waals surface area contributed by atoms with Gasteiger partial charge in [-0.3, -0.25) is 4.79 Å². The second-order valence-corrected chi connectivity index (χ2v) is 6.05. The number of hydrogen-bond acceptors (Lipinski definition) is 3. The fourth-order valence-corrected chi connectivity index (χ4v) is 2.96. The average Bonchev–Trinajstić information content (AvgIpc) is 2.47. The predicted octanol–water partition coefficient (Wildman–Crippen LogP) is 2.74. The molecule has 0 saturated heterocycles. The van der Waals surface area contributed by atoms with E-state index >= 15 is 0 Å². The van der Waals surface area contributed by atoms with Crippen molar-refractivity contribution >= 4 is 17.5 Å². The minimum Gasteiger partial charge on any atom is -0.481 e. The number of hydrogen-bond donors (Lipinski definition) is 2. The maximum absolute atomic E-state index is 12.3. The third-order valence-corrected chi connectivity index (χ3v) is 4.25. The summed E-state index contributed by atoms with van der Waals surface area (Å²) in [5.41, 5.74) is 5.79. The van der Waals surface area contributed by atoms with Gasteiger partial charge < -0.3 is 15.8 Å². The van der Waals surface area contributed by atoms with Gasteiger partial charge in [-0.25, -0.2) is 0 Å². The van der Waals surface area contributed by atoms with E-state index in [2.05, 4.69) is 5.32 Å². The summed E-state index contributed by atoms with van der Waals surface area (Å²) in [5.74, 6) is 0.880. The summed E-state index contributed by atoms with van der Waals surface area (Å²) in [6, 6.07) is 7.23. The Morgan fingerprint density at radius 2 is 2.24 bits per heavy atom. The lowest BCUT2D eigenvalue weighted by Gasteiger charge is -2.32. The Bertz CT molecular complexity index is 481. The Balaban J connectivity index is 1.90. The zero-order valence-corrected chi connectivity index (χ0v) is 13.1. The van der Waals surface area contributed by atoms with Crippen LogP contribution in [0.4, 0.5) is 0 Å². The highest BCUT2D eigenvalue weighted by Crippen LogP contribution is 2.24. The van der Waals surface area contributed by atoms with Gasteiger partial charge in [-0.15, -0.1) is 0 Å². The number of nitrogens with two attached hydrogens (primary N) is 1. The molecule has 21 heavy (non-hydrogen) atoms. The number of benzene rings is 1. The van der Waals surface area contributed by atoms with Gasteiger partial charge in [0.2, 0.25) is 0 Å². The molecular formula is C16H23ClN2O2. The van der Waals surface area contributed by atoms with Gasteiger partial charge in [0.05, 0.1) is 0 Å². The molecule has 2 rings (SSSR count). The van der Waals surface area contributed by atoms with Gasteiger partial charge in [-0.2, -0.15) is 0 Å². The average molecular weight is 311 g/mol. The molecule has 0 aromatic heterocycles. The fraction of sp³-hybridized carbons (Fsp3) is 0.562. The van der Waals surface area contributed by atoms with Crippen LogP contribution in [0, 0.1) is 5.92 Å². The van der Waals surface area contributed by atoms with Crippen molar-refractivity contribution in [1.29, 1.82) is 0 Å². The molecule has 0 radical (unpaired) electrons. The first-order valence-corrected chi connectivity index (χ1v) is 7.90. The number of amides is 1. The predicted molar refractivity (Wildman–Crippen MR) is 84.5 cm³/mol. The van der Waals surface area contributed by atoms with E-state index in [1.807, 2.05) is 0 Å². The largest absolute Gasteiger partial charge is 0.481 e. The van der Waals surface area contributed by atoms with Crippen molar-refractivity contribution in [2.45, 2.75) is 44.8 Å². The molecule has 1 fully saturated rings. The van der Waals surface area contributed by atoms with Gasteiger partial charge in [0, 0.05) is 11.1 Å². The smallest absolute Gasteiger partial charge is 0.261 e. The summed E-state index contributed by atoms with van der Waals surface area (Å²) < 4.78 is 5.64. The number of ether oxygens (including phenoxy) is 1. The highest BCUT2D eigenvalue weighted by atomic mass is 35.5. The minimum absolute atomic E-state index is 0.0969.